The Labute approximate surface area is 212 Å². The molecule has 0 unspecified atom stereocenters. The lowest BCUT2D eigenvalue weighted by molar-refractivity contribution is 0.0168. The minimum absolute atomic E-state index is 0.117. The lowest BCUT2D eigenvalue weighted by Crippen LogP contribution is -2.41. The van der Waals surface area contributed by atoms with Crippen LogP contribution in [0.2, 0.25) is 0 Å². The molecule has 0 radical (unpaired) electrons. The molecule has 1 amide bonds. The molecule has 1 aromatic heterocycles. The molecule has 4 rings (SSSR count). The largest absolute Gasteiger partial charge is 0.489 e. The third-order valence-corrected chi connectivity index (χ3v) is 5.91. The van der Waals surface area contributed by atoms with Gasteiger partial charge in [-0.1, -0.05) is 60.7 Å². The van der Waals surface area contributed by atoms with E-state index in [4.69, 9.17) is 9.47 Å². The zero-order valence-electron chi connectivity index (χ0n) is 21.3. The van der Waals surface area contributed by atoms with E-state index in [1.54, 1.807) is 7.05 Å². The highest BCUT2D eigenvalue weighted by atomic mass is 16.6. The van der Waals surface area contributed by atoms with Gasteiger partial charge in [0.25, 0.3) is 0 Å². The first-order chi connectivity index (χ1) is 17.2. The van der Waals surface area contributed by atoms with E-state index in [9.17, 15) is 9.90 Å². The predicted octanol–water partition coefficient (Wildman–Crippen LogP) is 6.04. The van der Waals surface area contributed by atoms with Crippen LogP contribution in [0.1, 0.15) is 37.9 Å². The van der Waals surface area contributed by atoms with Crippen LogP contribution in [0.3, 0.4) is 0 Å². The summed E-state index contributed by atoms with van der Waals surface area (Å²) in [4.78, 5) is 13.9. The summed E-state index contributed by atoms with van der Waals surface area (Å²) in [6.45, 7) is 6.09. The molecule has 0 aliphatic heterocycles. The fraction of sp³-hybridized carbons (Fsp3) is 0.300. The molecule has 0 aliphatic carbocycles. The molecule has 0 saturated carbocycles. The van der Waals surface area contributed by atoms with Crippen molar-refractivity contribution in [3.63, 3.8) is 0 Å². The minimum Gasteiger partial charge on any atom is -0.489 e. The third-order valence-electron chi connectivity index (χ3n) is 5.91. The summed E-state index contributed by atoms with van der Waals surface area (Å²) in [5, 5.41) is 12.4. The molecule has 6 nitrogen and oxygen atoms in total. The molecular formula is C30H34N2O4. The Kier molecular flexibility index (Phi) is 7.65. The zero-order chi connectivity index (χ0) is 25.7. The van der Waals surface area contributed by atoms with Gasteiger partial charge in [0.15, 0.2) is 0 Å². The minimum atomic E-state index is -0.866. The molecular weight excluding hydrogens is 452 g/mol. The average Bonchev–Trinajstić information content (AvgIpc) is 3.26. The average molecular weight is 487 g/mol. The second-order valence-corrected chi connectivity index (χ2v) is 10.0. The maximum atomic E-state index is 12.5. The summed E-state index contributed by atoms with van der Waals surface area (Å²) >= 11 is 0. The van der Waals surface area contributed by atoms with Crippen molar-refractivity contribution in [2.75, 3.05) is 13.6 Å². The number of likely N-dealkylation sites (N-methyl/N-ethyl adjacent to an activating group) is 1. The number of rotatable bonds is 8. The molecule has 0 bridgehead atoms. The van der Waals surface area contributed by atoms with Gasteiger partial charge in [0.1, 0.15) is 18.0 Å². The van der Waals surface area contributed by atoms with Crippen molar-refractivity contribution in [2.45, 2.75) is 45.1 Å². The Bertz CT molecular complexity index is 1280. The predicted molar refractivity (Wildman–Crippen MR) is 142 cm³/mol. The number of carbonyl (C=O) groups excluding carboxylic acids is 1. The molecule has 0 fully saturated rings. The molecule has 1 N–H and O–H groups in total. The van der Waals surface area contributed by atoms with Crippen LogP contribution in [-0.4, -0.2) is 46.0 Å². The number of fused-ring (bicyclic) bond motifs is 1. The van der Waals surface area contributed by atoms with Crippen LogP contribution >= 0.6 is 0 Å². The normalized spacial score (nSPS) is 13.2. The standard InChI is InChI=1S/C30H34N2O4/c1-30(2,3)36-29(34)31(4)20-27(33)28(23-13-9-6-10-14-23)32-18-17-24-19-25(15-16-26(24)32)35-21-22-11-7-5-8-12-22/h5-19,27-28,33H,20-21H2,1-4H3/t27-,28+/m1/s1. The van der Waals surface area contributed by atoms with Crippen LogP contribution in [-0.2, 0) is 11.3 Å². The van der Waals surface area contributed by atoms with Crippen LogP contribution < -0.4 is 4.74 Å². The topological polar surface area (TPSA) is 63.9 Å². The first-order valence-corrected chi connectivity index (χ1v) is 12.2. The lowest BCUT2D eigenvalue weighted by atomic mass is 10.0. The van der Waals surface area contributed by atoms with E-state index in [1.165, 1.54) is 4.90 Å². The molecule has 0 aliphatic rings. The highest BCUT2D eigenvalue weighted by Crippen LogP contribution is 2.30. The van der Waals surface area contributed by atoms with E-state index in [1.807, 2.05) is 112 Å². The fourth-order valence-electron chi connectivity index (χ4n) is 4.23. The van der Waals surface area contributed by atoms with Crippen LogP contribution in [0.25, 0.3) is 10.9 Å². The van der Waals surface area contributed by atoms with Gasteiger partial charge in [-0.3, -0.25) is 0 Å². The summed E-state index contributed by atoms with van der Waals surface area (Å²) < 4.78 is 13.5. The van der Waals surface area contributed by atoms with Crippen molar-refractivity contribution in [3.8, 4) is 5.75 Å². The zero-order valence-corrected chi connectivity index (χ0v) is 21.3. The first-order valence-electron chi connectivity index (χ1n) is 12.2. The van der Waals surface area contributed by atoms with E-state index < -0.39 is 23.8 Å². The van der Waals surface area contributed by atoms with Crippen LogP contribution in [0, 0.1) is 0 Å². The van der Waals surface area contributed by atoms with Crippen molar-refractivity contribution in [2.24, 2.45) is 0 Å². The van der Waals surface area contributed by atoms with Crippen molar-refractivity contribution < 1.29 is 19.4 Å². The first kappa shape index (κ1) is 25.3. The summed E-state index contributed by atoms with van der Waals surface area (Å²) in [5.74, 6) is 0.783. The van der Waals surface area contributed by atoms with Gasteiger partial charge in [-0.2, -0.15) is 0 Å². The molecule has 1 heterocycles. The monoisotopic (exact) mass is 486 g/mol. The second kappa shape index (κ2) is 10.9. The maximum Gasteiger partial charge on any atom is 0.410 e. The van der Waals surface area contributed by atoms with E-state index in [2.05, 4.69) is 4.57 Å². The van der Waals surface area contributed by atoms with Crippen molar-refractivity contribution >= 4 is 17.0 Å². The van der Waals surface area contributed by atoms with Gasteiger partial charge < -0.3 is 24.0 Å². The number of aliphatic hydroxyl groups excluding tert-OH is 1. The fourth-order valence-corrected chi connectivity index (χ4v) is 4.23. The highest BCUT2D eigenvalue weighted by molar-refractivity contribution is 5.82. The molecule has 3 aromatic carbocycles. The quantitative estimate of drug-likeness (QED) is 0.330. The van der Waals surface area contributed by atoms with E-state index >= 15 is 0 Å². The Morgan fingerprint density at radius 2 is 1.64 bits per heavy atom. The molecule has 188 valence electrons. The number of aromatic nitrogens is 1. The van der Waals surface area contributed by atoms with E-state index in [0.29, 0.717) is 6.61 Å². The second-order valence-electron chi connectivity index (χ2n) is 10.0. The van der Waals surface area contributed by atoms with Gasteiger partial charge in [0.2, 0.25) is 0 Å². The highest BCUT2D eigenvalue weighted by Gasteiger charge is 2.28. The molecule has 36 heavy (non-hydrogen) atoms. The van der Waals surface area contributed by atoms with Gasteiger partial charge in [-0.15, -0.1) is 0 Å². The van der Waals surface area contributed by atoms with Crippen molar-refractivity contribution in [1.29, 1.82) is 0 Å². The third kappa shape index (κ3) is 6.26. The van der Waals surface area contributed by atoms with Gasteiger partial charge in [0.05, 0.1) is 18.7 Å². The van der Waals surface area contributed by atoms with E-state index in [0.717, 1.165) is 27.8 Å². The number of hydrogen-bond donors (Lipinski definition) is 1. The van der Waals surface area contributed by atoms with E-state index in [-0.39, 0.29) is 6.54 Å². The van der Waals surface area contributed by atoms with Gasteiger partial charge >= 0.3 is 6.09 Å². The summed E-state index contributed by atoms with van der Waals surface area (Å²) in [5.41, 5.74) is 2.42. The van der Waals surface area contributed by atoms with Crippen molar-refractivity contribution in [3.05, 3.63) is 102 Å². The number of amides is 1. The number of carbonyl (C=O) groups is 1. The molecule has 4 aromatic rings. The Balaban J connectivity index is 1.58. The summed E-state index contributed by atoms with van der Waals surface area (Å²) in [6.07, 6.45) is 0.639. The number of hydrogen-bond acceptors (Lipinski definition) is 4. The van der Waals surface area contributed by atoms with Gasteiger partial charge in [-0.25, -0.2) is 4.79 Å². The number of nitrogens with zero attached hydrogens (tertiary/aromatic N) is 2. The number of benzene rings is 3. The molecule has 2 atom stereocenters. The molecule has 6 heteroatoms. The Morgan fingerprint density at radius 3 is 2.31 bits per heavy atom. The summed E-state index contributed by atoms with van der Waals surface area (Å²) in [7, 11) is 1.64. The van der Waals surface area contributed by atoms with Gasteiger partial charge in [0, 0.05) is 24.1 Å². The SMILES string of the molecule is CN(C[C@@H](O)[C@H](c1ccccc1)n1ccc2cc(OCc3ccccc3)ccc21)C(=O)OC(C)(C)C. The van der Waals surface area contributed by atoms with Crippen LogP contribution in [0.4, 0.5) is 4.79 Å². The summed E-state index contributed by atoms with van der Waals surface area (Å²) in [6, 6.07) is 27.5. The smallest absolute Gasteiger partial charge is 0.410 e. The lowest BCUT2D eigenvalue weighted by Gasteiger charge is -2.30. The number of aliphatic hydroxyl groups is 1. The maximum absolute atomic E-state index is 12.5. The number of ether oxygens (including phenoxy) is 2. The molecule has 0 saturated heterocycles. The van der Waals surface area contributed by atoms with Crippen molar-refractivity contribution in [1.82, 2.24) is 9.47 Å². The Morgan fingerprint density at radius 1 is 0.972 bits per heavy atom. The Hall–Kier alpha value is -3.77. The molecule has 0 spiro atoms. The van der Waals surface area contributed by atoms with Crippen LogP contribution in [0.5, 0.6) is 5.75 Å². The van der Waals surface area contributed by atoms with Crippen LogP contribution in [0.15, 0.2) is 91.1 Å². The van der Waals surface area contributed by atoms with Gasteiger partial charge in [-0.05, 0) is 56.2 Å².